The summed E-state index contributed by atoms with van der Waals surface area (Å²) in [5, 5.41) is 0. The van der Waals surface area contributed by atoms with E-state index in [4.69, 9.17) is 4.74 Å². The van der Waals surface area contributed by atoms with Gasteiger partial charge in [0.2, 0.25) is 0 Å². The maximum absolute atomic E-state index is 12.9. The topological polar surface area (TPSA) is 9.23 Å². The molecule has 0 saturated heterocycles. The second kappa shape index (κ2) is 5.39. The van der Waals surface area contributed by atoms with Gasteiger partial charge in [-0.2, -0.15) is 13.2 Å². The minimum atomic E-state index is -4.59. The summed E-state index contributed by atoms with van der Waals surface area (Å²) in [5.74, 6) is -0.205. The normalized spacial score (nSPS) is 23.0. The predicted molar refractivity (Wildman–Crippen MR) is 63.4 cm³/mol. The van der Waals surface area contributed by atoms with Crippen molar-refractivity contribution in [3.63, 3.8) is 0 Å². The van der Waals surface area contributed by atoms with Crippen LogP contribution in [0.25, 0.3) is 0 Å². The van der Waals surface area contributed by atoms with E-state index in [2.05, 4.69) is 6.92 Å². The molecule has 0 heterocycles. The van der Waals surface area contributed by atoms with E-state index in [1.54, 1.807) is 0 Å². The Hall–Kier alpha value is -1.26. The minimum Gasteiger partial charge on any atom is -0.493 e. The molecule has 1 aromatic rings. The lowest BCUT2D eigenvalue weighted by Crippen LogP contribution is -2.28. The molecule has 106 valence electrons. The molecule has 1 aliphatic rings. The van der Waals surface area contributed by atoms with Crippen molar-refractivity contribution in [1.82, 2.24) is 0 Å². The Balaban J connectivity index is 2.00. The molecule has 0 bridgehead atoms. The fourth-order valence-electron chi connectivity index (χ4n) is 2.40. The van der Waals surface area contributed by atoms with Crippen molar-refractivity contribution in [3.05, 3.63) is 29.6 Å². The van der Waals surface area contributed by atoms with Crippen LogP contribution >= 0.6 is 0 Å². The highest BCUT2D eigenvalue weighted by Gasteiger charge is 2.35. The van der Waals surface area contributed by atoms with E-state index in [-0.39, 0.29) is 12.4 Å². The molecule has 1 aromatic carbocycles. The predicted octanol–water partition coefficient (Wildman–Crippen LogP) is 4.66. The highest BCUT2D eigenvalue weighted by Crippen LogP contribution is 2.39. The third kappa shape index (κ3) is 3.39. The first-order valence-corrected chi connectivity index (χ1v) is 6.39. The first kappa shape index (κ1) is 14.2. The van der Waals surface area contributed by atoms with Crippen LogP contribution in [0.3, 0.4) is 0 Å². The van der Waals surface area contributed by atoms with Gasteiger partial charge >= 0.3 is 6.18 Å². The van der Waals surface area contributed by atoms with Crippen LogP contribution in [0.5, 0.6) is 5.75 Å². The lowest BCUT2D eigenvalue weighted by molar-refractivity contribution is -0.139. The van der Waals surface area contributed by atoms with E-state index in [9.17, 15) is 17.6 Å². The van der Waals surface area contributed by atoms with Crippen LogP contribution in [0, 0.1) is 17.7 Å². The molecule has 0 unspecified atom stereocenters. The summed E-state index contributed by atoms with van der Waals surface area (Å²) >= 11 is 0. The summed E-state index contributed by atoms with van der Waals surface area (Å²) in [4.78, 5) is 0. The zero-order chi connectivity index (χ0) is 14.0. The van der Waals surface area contributed by atoms with Gasteiger partial charge in [-0.1, -0.05) is 13.3 Å². The van der Waals surface area contributed by atoms with Gasteiger partial charge in [0, 0.05) is 0 Å². The van der Waals surface area contributed by atoms with Crippen LogP contribution in [0.2, 0.25) is 0 Å². The Morgan fingerprint density at radius 3 is 2.47 bits per heavy atom. The van der Waals surface area contributed by atoms with Gasteiger partial charge in [-0.15, -0.1) is 0 Å². The van der Waals surface area contributed by atoms with Crippen molar-refractivity contribution in [3.8, 4) is 5.75 Å². The number of hydrogen-bond acceptors (Lipinski definition) is 1. The third-order valence-corrected chi connectivity index (χ3v) is 3.63. The summed E-state index contributed by atoms with van der Waals surface area (Å²) in [7, 11) is 0. The number of hydrogen-bond donors (Lipinski definition) is 0. The molecule has 5 heteroatoms. The molecular weight excluding hydrogens is 260 g/mol. The molecule has 0 N–H and O–H groups in total. The summed E-state index contributed by atoms with van der Waals surface area (Å²) in [6, 6.07) is 2.51. The van der Waals surface area contributed by atoms with Gasteiger partial charge < -0.3 is 4.74 Å². The highest BCUT2D eigenvalue weighted by atomic mass is 19.4. The molecule has 0 amide bonds. The van der Waals surface area contributed by atoms with E-state index in [0.717, 1.165) is 31.4 Å². The molecule has 0 aromatic heterocycles. The number of halogens is 4. The Morgan fingerprint density at radius 1 is 1.21 bits per heavy atom. The Labute approximate surface area is 109 Å². The zero-order valence-corrected chi connectivity index (χ0v) is 10.6. The standard InChI is InChI=1S/C14H16F4O/c1-2-9-5-10(6-9)8-19-13-4-3-11(15)7-12(13)14(16,17)18/h3-4,7,9-10H,2,5-6,8H2,1H3/t9-,10-. The van der Waals surface area contributed by atoms with Crippen molar-refractivity contribution in [2.45, 2.75) is 32.4 Å². The molecule has 1 aliphatic carbocycles. The summed E-state index contributed by atoms with van der Waals surface area (Å²) in [5.41, 5.74) is -1.04. The van der Waals surface area contributed by atoms with Gasteiger partial charge in [0.15, 0.2) is 0 Å². The Kier molecular flexibility index (Phi) is 4.02. The minimum absolute atomic E-state index is 0.269. The molecule has 0 atom stereocenters. The van der Waals surface area contributed by atoms with Gasteiger partial charge in [-0.25, -0.2) is 4.39 Å². The highest BCUT2D eigenvalue weighted by molar-refractivity contribution is 5.36. The lowest BCUT2D eigenvalue weighted by atomic mass is 9.74. The molecular formula is C14H16F4O. The smallest absolute Gasteiger partial charge is 0.420 e. The Morgan fingerprint density at radius 2 is 1.89 bits per heavy atom. The van der Waals surface area contributed by atoms with E-state index < -0.39 is 17.6 Å². The van der Waals surface area contributed by atoms with Crippen LogP contribution in [0.1, 0.15) is 31.7 Å². The van der Waals surface area contributed by atoms with Crippen LogP contribution in [-0.4, -0.2) is 6.61 Å². The van der Waals surface area contributed by atoms with Gasteiger partial charge in [-0.05, 0) is 42.9 Å². The molecule has 0 radical (unpaired) electrons. The van der Waals surface area contributed by atoms with E-state index in [1.807, 2.05) is 0 Å². The quantitative estimate of drug-likeness (QED) is 0.727. The van der Waals surface area contributed by atoms with Gasteiger partial charge in [0.25, 0.3) is 0 Å². The second-order valence-corrected chi connectivity index (χ2v) is 5.06. The monoisotopic (exact) mass is 276 g/mol. The van der Waals surface area contributed by atoms with Gasteiger partial charge in [0.1, 0.15) is 17.1 Å². The van der Waals surface area contributed by atoms with Crippen molar-refractivity contribution >= 4 is 0 Å². The van der Waals surface area contributed by atoms with Crippen molar-refractivity contribution < 1.29 is 22.3 Å². The second-order valence-electron chi connectivity index (χ2n) is 5.06. The van der Waals surface area contributed by atoms with Crippen molar-refractivity contribution in [2.24, 2.45) is 11.8 Å². The lowest BCUT2D eigenvalue weighted by Gasteiger charge is -2.34. The van der Waals surface area contributed by atoms with Crippen LogP contribution in [0.15, 0.2) is 18.2 Å². The maximum Gasteiger partial charge on any atom is 0.420 e. The van der Waals surface area contributed by atoms with E-state index in [1.165, 1.54) is 0 Å². The van der Waals surface area contributed by atoms with E-state index >= 15 is 0 Å². The summed E-state index contributed by atoms with van der Waals surface area (Å²) < 4.78 is 56.3. The first-order valence-electron chi connectivity index (χ1n) is 6.39. The molecule has 0 spiro atoms. The molecule has 0 aliphatic heterocycles. The van der Waals surface area contributed by atoms with Crippen molar-refractivity contribution in [1.29, 1.82) is 0 Å². The maximum atomic E-state index is 12.9. The fraction of sp³-hybridized carbons (Fsp3) is 0.571. The number of alkyl halides is 3. The molecule has 1 saturated carbocycles. The zero-order valence-electron chi connectivity index (χ0n) is 10.6. The Bertz CT molecular complexity index is 436. The van der Waals surface area contributed by atoms with Gasteiger partial charge in [0.05, 0.1) is 6.61 Å². The molecule has 19 heavy (non-hydrogen) atoms. The average Bonchev–Trinajstić information content (AvgIpc) is 2.27. The molecule has 2 rings (SSSR count). The van der Waals surface area contributed by atoms with Crippen molar-refractivity contribution in [2.75, 3.05) is 6.61 Å². The summed E-state index contributed by atoms with van der Waals surface area (Å²) in [6.45, 7) is 2.37. The largest absolute Gasteiger partial charge is 0.493 e. The fourth-order valence-corrected chi connectivity index (χ4v) is 2.40. The average molecular weight is 276 g/mol. The van der Waals surface area contributed by atoms with E-state index in [0.29, 0.717) is 17.9 Å². The SMILES string of the molecule is CC[C@H]1C[C@H](COc2ccc(F)cc2C(F)(F)F)C1. The van der Waals surface area contributed by atoms with Gasteiger partial charge in [-0.3, -0.25) is 0 Å². The number of benzene rings is 1. The number of rotatable bonds is 4. The summed E-state index contributed by atoms with van der Waals surface area (Å²) in [6.07, 6.45) is -1.50. The van der Waals surface area contributed by atoms with Crippen LogP contribution < -0.4 is 4.74 Å². The van der Waals surface area contributed by atoms with Crippen LogP contribution in [0.4, 0.5) is 17.6 Å². The first-order chi connectivity index (χ1) is 8.90. The molecule has 1 fully saturated rings. The van der Waals surface area contributed by atoms with Crippen LogP contribution in [-0.2, 0) is 6.18 Å². The molecule has 1 nitrogen and oxygen atoms in total. The number of ether oxygens (including phenoxy) is 1. The third-order valence-electron chi connectivity index (χ3n) is 3.63.